The maximum atomic E-state index is 12.9. The van der Waals surface area contributed by atoms with Gasteiger partial charge in [0, 0.05) is 6.42 Å². The van der Waals surface area contributed by atoms with E-state index in [2.05, 4.69) is 15.3 Å². The summed E-state index contributed by atoms with van der Waals surface area (Å²) < 4.78 is 51.2. The van der Waals surface area contributed by atoms with Gasteiger partial charge in [0.15, 0.2) is 0 Å². The van der Waals surface area contributed by atoms with Crippen molar-refractivity contribution in [3.8, 4) is 0 Å². The number of aromatic nitrogens is 2. The third-order valence-electron chi connectivity index (χ3n) is 2.64. The molecule has 2 rings (SSSR count). The highest BCUT2D eigenvalue weighted by Gasteiger charge is 2.53. The number of aliphatic hydroxyl groups is 1. The SMILES string of the molecule is O=C(c1[nH]ncc1I)N1N=C(C(F)F)CC1(O)C(F)F. The number of halogens is 5. The molecule has 0 spiro atoms. The van der Waals surface area contributed by atoms with Crippen molar-refractivity contribution in [2.24, 2.45) is 5.10 Å². The fourth-order valence-corrected chi connectivity index (χ4v) is 2.12. The van der Waals surface area contributed by atoms with E-state index in [1.165, 1.54) is 6.20 Å². The first kappa shape index (κ1) is 15.2. The van der Waals surface area contributed by atoms with Gasteiger partial charge >= 0.3 is 0 Å². The number of carbonyl (C=O) groups excluding carboxylic acids is 1. The summed E-state index contributed by atoms with van der Waals surface area (Å²) in [6.07, 6.45) is -6.46. The van der Waals surface area contributed by atoms with Crippen LogP contribution in [0.5, 0.6) is 0 Å². The van der Waals surface area contributed by atoms with Crippen molar-refractivity contribution in [3.05, 3.63) is 15.5 Å². The zero-order valence-corrected chi connectivity index (χ0v) is 11.7. The first-order valence-corrected chi connectivity index (χ1v) is 6.24. The zero-order chi connectivity index (χ0) is 15.1. The number of rotatable bonds is 3. The summed E-state index contributed by atoms with van der Waals surface area (Å²) in [5.41, 5.74) is -4.28. The molecule has 0 aromatic carbocycles. The van der Waals surface area contributed by atoms with Gasteiger partial charge < -0.3 is 5.11 Å². The third-order valence-corrected chi connectivity index (χ3v) is 3.46. The van der Waals surface area contributed by atoms with Gasteiger partial charge in [-0.3, -0.25) is 9.89 Å². The Morgan fingerprint density at radius 1 is 1.50 bits per heavy atom. The lowest BCUT2D eigenvalue weighted by atomic mass is 10.1. The first-order chi connectivity index (χ1) is 9.27. The predicted molar refractivity (Wildman–Crippen MR) is 66.5 cm³/mol. The largest absolute Gasteiger partial charge is 0.364 e. The molecule has 1 aliphatic rings. The van der Waals surface area contributed by atoms with Crippen molar-refractivity contribution in [1.82, 2.24) is 15.2 Å². The number of hydrogen-bond donors (Lipinski definition) is 2. The Bertz CT molecular complexity index is 564. The molecule has 1 aromatic rings. The van der Waals surface area contributed by atoms with E-state index in [1.54, 1.807) is 22.6 Å². The molecule has 0 bridgehead atoms. The smallest absolute Gasteiger partial charge is 0.295 e. The van der Waals surface area contributed by atoms with Crippen LogP contribution in [0.25, 0.3) is 0 Å². The molecule has 2 heterocycles. The number of carbonyl (C=O) groups is 1. The lowest BCUT2D eigenvalue weighted by Gasteiger charge is -2.29. The van der Waals surface area contributed by atoms with Crippen LogP contribution in [0.3, 0.4) is 0 Å². The molecule has 1 aromatic heterocycles. The van der Waals surface area contributed by atoms with Crippen LogP contribution in [0, 0.1) is 3.57 Å². The Morgan fingerprint density at radius 3 is 2.60 bits per heavy atom. The number of hydrogen-bond acceptors (Lipinski definition) is 4. The highest BCUT2D eigenvalue weighted by atomic mass is 127. The molecule has 0 fully saturated rings. The summed E-state index contributed by atoms with van der Waals surface area (Å²) >= 11 is 1.70. The molecule has 11 heteroatoms. The molecule has 2 N–H and O–H groups in total. The van der Waals surface area contributed by atoms with Crippen molar-refractivity contribution < 1.29 is 27.5 Å². The van der Waals surface area contributed by atoms with Crippen LogP contribution in [0.2, 0.25) is 0 Å². The molecule has 1 unspecified atom stereocenters. The van der Waals surface area contributed by atoms with E-state index in [9.17, 15) is 27.5 Å². The number of aromatic amines is 1. The Balaban J connectivity index is 2.40. The fourth-order valence-electron chi connectivity index (χ4n) is 1.63. The molecule has 0 aliphatic carbocycles. The van der Waals surface area contributed by atoms with Crippen molar-refractivity contribution >= 4 is 34.2 Å². The van der Waals surface area contributed by atoms with Crippen LogP contribution in [0.4, 0.5) is 17.6 Å². The summed E-state index contributed by atoms with van der Waals surface area (Å²) in [4.78, 5) is 12.0. The Kier molecular flexibility index (Phi) is 4.00. The molecule has 20 heavy (non-hydrogen) atoms. The first-order valence-electron chi connectivity index (χ1n) is 5.17. The summed E-state index contributed by atoms with van der Waals surface area (Å²) in [6.45, 7) is 0. The van der Waals surface area contributed by atoms with Gasteiger partial charge in [-0.05, 0) is 22.6 Å². The van der Waals surface area contributed by atoms with E-state index in [0.717, 1.165) is 0 Å². The van der Waals surface area contributed by atoms with E-state index in [-0.39, 0.29) is 14.3 Å². The van der Waals surface area contributed by atoms with Crippen LogP contribution >= 0.6 is 22.6 Å². The number of nitrogens with one attached hydrogen (secondary N) is 1. The highest BCUT2D eigenvalue weighted by molar-refractivity contribution is 14.1. The molecule has 1 amide bonds. The summed E-state index contributed by atoms with van der Waals surface area (Å²) in [7, 11) is 0. The predicted octanol–water partition coefficient (Wildman–Crippen LogP) is 1.44. The summed E-state index contributed by atoms with van der Waals surface area (Å²) in [6, 6.07) is 0. The van der Waals surface area contributed by atoms with Gasteiger partial charge in [-0.15, -0.1) is 0 Å². The van der Waals surface area contributed by atoms with Gasteiger partial charge in [0.25, 0.3) is 18.8 Å². The number of amides is 1. The lowest BCUT2D eigenvalue weighted by Crippen LogP contribution is -2.51. The third kappa shape index (κ3) is 2.39. The van der Waals surface area contributed by atoms with Crippen molar-refractivity contribution in [3.63, 3.8) is 0 Å². The second-order valence-corrected chi connectivity index (χ2v) is 5.12. The molecule has 0 radical (unpaired) electrons. The summed E-state index contributed by atoms with van der Waals surface area (Å²) in [5.74, 6) is -1.16. The Labute approximate surface area is 123 Å². The van der Waals surface area contributed by atoms with Crippen LogP contribution in [0.15, 0.2) is 11.3 Å². The maximum absolute atomic E-state index is 12.9. The van der Waals surface area contributed by atoms with Gasteiger partial charge in [-0.2, -0.15) is 15.2 Å². The number of hydrazone groups is 1. The van der Waals surface area contributed by atoms with E-state index in [4.69, 9.17) is 0 Å². The average Bonchev–Trinajstić information content (AvgIpc) is 2.93. The Morgan fingerprint density at radius 2 is 2.15 bits per heavy atom. The topological polar surface area (TPSA) is 81.6 Å². The minimum atomic E-state index is -3.45. The Hall–Kier alpha value is -1.24. The van der Waals surface area contributed by atoms with Crippen molar-refractivity contribution in [1.29, 1.82) is 0 Å². The van der Waals surface area contributed by atoms with Crippen LogP contribution in [0.1, 0.15) is 16.9 Å². The normalized spacial score (nSPS) is 22.8. The molecular formula is C9H7F4IN4O2. The number of nitrogens with zero attached hydrogens (tertiary/aromatic N) is 3. The van der Waals surface area contributed by atoms with Gasteiger partial charge in [-0.25, -0.2) is 17.6 Å². The quantitative estimate of drug-likeness (QED) is 0.589. The minimum absolute atomic E-state index is 0.0190. The molecular weight excluding hydrogens is 399 g/mol. The minimum Gasteiger partial charge on any atom is -0.364 e. The van der Waals surface area contributed by atoms with Crippen molar-refractivity contribution in [2.75, 3.05) is 0 Å². The fraction of sp³-hybridized carbons (Fsp3) is 0.444. The molecule has 1 atom stereocenters. The van der Waals surface area contributed by atoms with Gasteiger partial charge in [0.2, 0.25) is 5.72 Å². The molecule has 6 nitrogen and oxygen atoms in total. The van der Waals surface area contributed by atoms with Gasteiger partial charge in [0.1, 0.15) is 11.4 Å². The molecule has 110 valence electrons. The van der Waals surface area contributed by atoms with Gasteiger partial charge in [0.05, 0.1) is 9.77 Å². The van der Waals surface area contributed by atoms with Crippen LogP contribution in [-0.4, -0.2) is 50.5 Å². The zero-order valence-electron chi connectivity index (χ0n) is 9.53. The van der Waals surface area contributed by atoms with E-state index < -0.39 is 36.6 Å². The number of alkyl halides is 4. The van der Waals surface area contributed by atoms with E-state index in [1.807, 2.05) is 0 Å². The van der Waals surface area contributed by atoms with Gasteiger partial charge in [-0.1, -0.05) is 0 Å². The number of H-pyrrole nitrogens is 1. The van der Waals surface area contributed by atoms with E-state index in [0.29, 0.717) is 0 Å². The highest BCUT2D eigenvalue weighted by Crippen LogP contribution is 2.34. The van der Waals surface area contributed by atoms with Crippen LogP contribution in [-0.2, 0) is 0 Å². The second kappa shape index (κ2) is 5.27. The molecule has 0 saturated carbocycles. The van der Waals surface area contributed by atoms with Crippen molar-refractivity contribution in [2.45, 2.75) is 25.0 Å². The standard InChI is InChI=1S/C9H7F4IN4O2/c10-6(11)4-1-9(20,8(12)13)18(17-4)7(19)5-3(14)2-15-16-5/h2,6,8,20H,1H2,(H,15,16). The second-order valence-electron chi connectivity index (χ2n) is 3.96. The summed E-state index contributed by atoms with van der Waals surface area (Å²) in [5, 5.41) is 18.6. The van der Waals surface area contributed by atoms with E-state index >= 15 is 0 Å². The lowest BCUT2D eigenvalue weighted by molar-refractivity contribution is -0.164. The average molecular weight is 406 g/mol. The molecule has 1 aliphatic heterocycles. The molecule has 0 saturated heterocycles. The van der Waals surface area contributed by atoms with Crippen LogP contribution < -0.4 is 0 Å². The monoisotopic (exact) mass is 406 g/mol. The maximum Gasteiger partial charge on any atom is 0.295 e.